The van der Waals surface area contributed by atoms with Gasteiger partial charge in [-0.2, -0.15) is 5.10 Å². The van der Waals surface area contributed by atoms with E-state index in [-0.39, 0.29) is 13.2 Å². The van der Waals surface area contributed by atoms with Crippen LogP contribution in [0.15, 0.2) is 77.9 Å². The van der Waals surface area contributed by atoms with Gasteiger partial charge in [-0.1, -0.05) is 60.7 Å². The maximum absolute atomic E-state index is 13.1. The topological polar surface area (TPSA) is 106 Å². The second-order valence-corrected chi connectivity index (χ2v) is 8.43. The highest BCUT2D eigenvalue weighted by Crippen LogP contribution is 2.34. The Morgan fingerprint density at radius 2 is 1.66 bits per heavy atom. The Morgan fingerprint density at radius 3 is 2.20 bits per heavy atom. The van der Waals surface area contributed by atoms with Gasteiger partial charge in [0, 0.05) is 0 Å². The van der Waals surface area contributed by atoms with Gasteiger partial charge in [-0.3, -0.25) is 4.79 Å². The van der Waals surface area contributed by atoms with Gasteiger partial charge in [-0.25, -0.2) is 10.2 Å². The standard InChI is InChI=1S/C26H25IN2O6/c1-3-34-23(30)17-35-24-21(27)14-18(15-22(24)33-2)16-28-29-25(31)26(32,19-10-6-4-7-11-19)20-12-8-5-9-13-20/h4-16,32H,3,17H2,1-2H3,(H,29,31)/b28-16-. The van der Waals surface area contributed by atoms with E-state index >= 15 is 0 Å². The molecule has 0 fully saturated rings. The minimum Gasteiger partial charge on any atom is -0.493 e. The number of benzene rings is 3. The Morgan fingerprint density at radius 1 is 1.06 bits per heavy atom. The third kappa shape index (κ3) is 6.37. The number of halogens is 1. The zero-order valence-electron chi connectivity index (χ0n) is 19.2. The number of hydrogen-bond donors (Lipinski definition) is 2. The highest BCUT2D eigenvalue weighted by Gasteiger charge is 2.39. The Kier molecular flexibility index (Phi) is 9.21. The van der Waals surface area contributed by atoms with Crippen LogP contribution < -0.4 is 14.9 Å². The Balaban J connectivity index is 1.80. The molecular weight excluding hydrogens is 563 g/mol. The average Bonchev–Trinajstić information content (AvgIpc) is 2.88. The van der Waals surface area contributed by atoms with Crippen molar-refractivity contribution in [2.45, 2.75) is 12.5 Å². The smallest absolute Gasteiger partial charge is 0.344 e. The predicted molar refractivity (Wildman–Crippen MR) is 139 cm³/mol. The zero-order valence-corrected chi connectivity index (χ0v) is 21.4. The maximum atomic E-state index is 13.1. The minimum atomic E-state index is -1.93. The third-order valence-electron chi connectivity index (χ3n) is 4.98. The molecule has 0 aliphatic carbocycles. The van der Waals surface area contributed by atoms with Crippen LogP contribution in [0.2, 0.25) is 0 Å². The number of hydrogen-bond acceptors (Lipinski definition) is 7. The fourth-order valence-corrected chi connectivity index (χ4v) is 4.10. The molecule has 8 nitrogen and oxygen atoms in total. The molecule has 3 rings (SSSR count). The summed E-state index contributed by atoms with van der Waals surface area (Å²) in [5.41, 5.74) is 1.94. The Labute approximate surface area is 217 Å². The van der Waals surface area contributed by atoms with Gasteiger partial charge in [-0.05, 0) is 58.3 Å². The molecule has 2 N–H and O–H groups in total. The predicted octanol–water partition coefficient (Wildman–Crippen LogP) is 3.63. The van der Waals surface area contributed by atoms with Crippen molar-refractivity contribution in [3.05, 3.63) is 93.1 Å². The molecule has 0 saturated carbocycles. The van der Waals surface area contributed by atoms with Gasteiger partial charge in [0.05, 0.1) is 23.5 Å². The summed E-state index contributed by atoms with van der Waals surface area (Å²) in [4.78, 5) is 24.8. The number of methoxy groups -OCH3 is 1. The highest BCUT2D eigenvalue weighted by atomic mass is 127. The van der Waals surface area contributed by atoms with Crippen LogP contribution in [0.4, 0.5) is 0 Å². The molecule has 35 heavy (non-hydrogen) atoms. The number of carbonyl (C=O) groups is 2. The van der Waals surface area contributed by atoms with Crippen LogP contribution in [0.3, 0.4) is 0 Å². The molecule has 0 aromatic heterocycles. The lowest BCUT2D eigenvalue weighted by Gasteiger charge is -2.27. The Hall–Kier alpha value is -3.44. The van der Waals surface area contributed by atoms with Gasteiger partial charge in [0.15, 0.2) is 23.7 Å². The average molecular weight is 588 g/mol. The van der Waals surface area contributed by atoms with E-state index in [2.05, 4.69) is 33.1 Å². The fourth-order valence-electron chi connectivity index (χ4n) is 3.32. The molecule has 0 spiro atoms. The van der Waals surface area contributed by atoms with E-state index in [1.165, 1.54) is 13.3 Å². The summed E-state index contributed by atoms with van der Waals surface area (Å²) in [6.45, 7) is 1.73. The molecule has 0 radical (unpaired) electrons. The number of carbonyl (C=O) groups excluding carboxylic acids is 2. The number of amides is 1. The minimum absolute atomic E-state index is 0.249. The molecule has 3 aromatic rings. The SMILES string of the molecule is CCOC(=O)COc1c(I)cc(/C=N\NC(=O)C(O)(c2ccccc2)c2ccccc2)cc1OC. The van der Waals surface area contributed by atoms with Gasteiger partial charge in [0.25, 0.3) is 5.91 Å². The van der Waals surface area contributed by atoms with Crippen LogP contribution >= 0.6 is 22.6 Å². The maximum Gasteiger partial charge on any atom is 0.344 e. The van der Waals surface area contributed by atoms with Crippen molar-refractivity contribution in [1.82, 2.24) is 5.43 Å². The molecule has 0 aliphatic heterocycles. The molecule has 0 atom stereocenters. The van der Waals surface area contributed by atoms with Gasteiger partial charge in [-0.15, -0.1) is 0 Å². The van der Waals surface area contributed by atoms with E-state index in [1.54, 1.807) is 79.7 Å². The molecule has 0 bridgehead atoms. The summed E-state index contributed by atoms with van der Waals surface area (Å²) in [6, 6.07) is 20.7. The van der Waals surface area contributed by atoms with Crippen molar-refractivity contribution in [2.24, 2.45) is 5.10 Å². The van der Waals surface area contributed by atoms with Gasteiger partial charge in [0.1, 0.15) is 0 Å². The van der Waals surface area contributed by atoms with E-state index in [0.717, 1.165) is 0 Å². The van der Waals surface area contributed by atoms with E-state index in [1.807, 2.05) is 0 Å². The van der Waals surface area contributed by atoms with Crippen LogP contribution in [0.25, 0.3) is 0 Å². The van der Waals surface area contributed by atoms with Crippen molar-refractivity contribution in [1.29, 1.82) is 0 Å². The van der Waals surface area contributed by atoms with E-state index in [4.69, 9.17) is 14.2 Å². The first-order chi connectivity index (χ1) is 16.9. The lowest BCUT2D eigenvalue weighted by molar-refractivity contribution is -0.145. The molecular formula is C26H25IN2O6. The quantitative estimate of drug-likeness (QED) is 0.162. The van der Waals surface area contributed by atoms with E-state index in [0.29, 0.717) is 31.8 Å². The van der Waals surface area contributed by atoms with Crippen LogP contribution in [-0.2, 0) is 19.9 Å². The summed E-state index contributed by atoms with van der Waals surface area (Å²) >= 11 is 2.05. The lowest BCUT2D eigenvalue weighted by Crippen LogP contribution is -2.43. The molecule has 182 valence electrons. The Bertz CT molecular complexity index is 1150. The van der Waals surface area contributed by atoms with Crippen molar-refractivity contribution < 1.29 is 28.9 Å². The summed E-state index contributed by atoms with van der Waals surface area (Å²) < 4.78 is 16.5. The molecule has 0 unspecified atom stereocenters. The lowest BCUT2D eigenvalue weighted by atomic mass is 9.85. The zero-order chi connectivity index (χ0) is 25.3. The third-order valence-corrected chi connectivity index (χ3v) is 5.78. The summed E-state index contributed by atoms with van der Waals surface area (Å²) in [6.07, 6.45) is 1.42. The van der Waals surface area contributed by atoms with Crippen molar-refractivity contribution >= 4 is 40.7 Å². The van der Waals surface area contributed by atoms with Crippen LogP contribution in [0.1, 0.15) is 23.6 Å². The van der Waals surface area contributed by atoms with Crippen LogP contribution in [0.5, 0.6) is 11.5 Å². The molecule has 1 amide bonds. The van der Waals surface area contributed by atoms with Crippen LogP contribution in [0, 0.1) is 3.57 Å². The number of rotatable bonds is 10. The first kappa shape index (κ1) is 26.2. The number of nitrogens with one attached hydrogen (secondary N) is 1. The fraction of sp³-hybridized carbons (Fsp3) is 0.192. The number of esters is 1. The van der Waals surface area contributed by atoms with Crippen molar-refractivity contribution in [3.63, 3.8) is 0 Å². The highest BCUT2D eigenvalue weighted by molar-refractivity contribution is 14.1. The molecule has 0 aliphatic rings. The monoisotopic (exact) mass is 588 g/mol. The molecule has 0 heterocycles. The number of nitrogens with zero attached hydrogens (tertiary/aromatic N) is 1. The number of ether oxygens (including phenoxy) is 3. The van der Waals surface area contributed by atoms with E-state index < -0.39 is 17.5 Å². The first-order valence-corrected chi connectivity index (χ1v) is 11.8. The van der Waals surface area contributed by atoms with Gasteiger partial charge < -0.3 is 19.3 Å². The van der Waals surface area contributed by atoms with Crippen molar-refractivity contribution in [3.8, 4) is 11.5 Å². The second-order valence-electron chi connectivity index (χ2n) is 7.27. The second kappa shape index (κ2) is 12.3. The summed E-state index contributed by atoms with van der Waals surface area (Å²) in [5, 5.41) is 15.5. The molecule has 3 aromatic carbocycles. The normalized spacial score (nSPS) is 11.2. The summed E-state index contributed by atoms with van der Waals surface area (Å²) in [7, 11) is 1.48. The first-order valence-electron chi connectivity index (χ1n) is 10.7. The largest absolute Gasteiger partial charge is 0.493 e. The van der Waals surface area contributed by atoms with Crippen LogP contribution in [-0.4, -0.2) is 43.5 Å². The number of aliphatic hydroxyl groups is 1. The van der Waals surface area contributed by atoms with Gasteiger partial charge in [0.2, 0.25) is 0 Å². The molecule has 9 heteroatoms. The van der Waals surface area contributed by atoms with E-state index in [9.17, 15) is 14.7 Å². The van der Waals surface area contributed by atoms with Crippen molar-refractivity contribution in [2.75, 3.05) is 20.3 Å². The van der Waals surface area contributed by atoms with Gasteiger partial charge >= 0.3 is 5.97 Å². The summed E-state index contributed by atoms with van der Waals surface area (Å²) in [5.74, 6) is -0.408. The molecule has 0 saturated heterocycles. The number of hydrazone groups is 1.